The summed E-state index contributed by atoms with van der Waals surface area (Å²) in [6.45, 7) is 6.14. The Kier molecular flexibility index (Phi) is 5.92. The lowest BCUT2D eigenvalue weighted by atomic mass is 10.2. The summed E-state index contributed by atoms with van der Waals surface area (Å²) in [6, 6.07) is 11.9. The van der Waals surface area contributed by atoms with Gasteiger partial charge in [0.15, 0.2) is 5.76 Å². The highest BCUT2D eigenvalue weighted by Gasteiger charge is 2.23. The van der Waals surface area contributed by atoms with Gasteiger partial charge >= 0.3 is 0 Å². The minimum absolute atomic E-state index is 0.143. The van der Waals surface area contributed by atoms with Gasteiger partial charge in [0.25, 0.3) is 5.91 Å². The van der Waals surface area contributed by atoms with Crippen LogP contribution in [0.3, 0.4) is 0 Å². The second-order valence-corrected chi connectivity index (χ2v) is 9.08. The summed E-state index contributed by atoms with van der Waals surface area (Å²) in [4.78, 5) is 12.8. The molecule has 0 saturated heterocycles. The van der Waals surface area contributed by atoms with E-state index in [-0.39, 0.29) is 10.7 Å². The first kappa shape index (κ1) is 20.6. The second-order valence-electron chi connectivity index (χ2n) is 6.29. The highest BCUT2D eigenvalue weighted by Crippen LogP contribution is 2.28. The molecule has 148 valence electrons. The van der Waals surface area contributed by atoms with E-state index >= 15 is 0 Å². The smallest absolute Gasteiger partial charge is 0.291 e. The van der Waals surface area contributed by atoms with Gasteiger partial charge in [-0.05, 0) is 52.7 Å². The van der Waals surface area contributed by atoms with Gasteiger partial charge in [-0.25, -0.2) is 8.42 Å². The van der Waals surface area contributed by atoms with E-state index in [2.05, 4.69) is 21.2 Å². The number of anilines is 1. The number of hydrogen-bond acceptors (Lipinski definition) is 4. The molecule has 1 amide bonds. The third-order valence-corrected chi connectivity index (χ3v) is 7.19. The van der Waals surface area contributed by atoms with Crippen LogP contribution in [0.1, 0.15) is 30.0 Å². The molecule has 8 heteroatoms. The molecule has 0 unspecified atom stereocenters. The van der Waals surface area contributed by atoms with Gasteiger partial charge in [0.1, 0.15) is 5.58 Å². The third kappa shape index (κ3) is 3.85. The first-order chi connectivity index (χ1) is 13.3. The Hall–Kier alpha value is -2.16. The summed E-state index contributed by atoms with van der Waals surface area (Å²) in [7, 11) is -3.61. The van der Waals surface area contributed by atoms with Gasteiger partial charge in [0.05, 0.1) is 9.37 Å². The molecule has 3 rings (SSSR count). The van der Waals surface area contributed by atoms with Crippen molar-refractivity contribution in [3.05, 3.63) is 58.3 Å². The first-order valence-corrected chi connectivity index (χ1v) is 11.1. The number of halogens is 1. The summed E-state index contributed by atoms with van der Waals surface area (Å²) in [5.74, 6) is -0.290. The SMILES string of the molecule is CCN(CC)S(=O)(=O)c1ccc(C)c(NC(=O)c2cc3cccc(Br)c3o2)c1. The van der Waals surface area contributed by atoms with Crippen LogP contribution in [0.5, 0.6) is 0 Å². The lowest BCUT2D eigenvalue weighted by Gasteiger charge is -2.19. The minimum atomic E-state index is -3.61. The Bertz CT molecular complexity index is 1130. The number of sulfonamides is 1. The van der Waals surface area contributed by atoms with Crippen molar-refractivity contribution in [2.75, 3.05) is 18.4 Å². The molecule has 0 fully saturated rings. The number of rotatable bonds is 6. The minimum Gasteiger partial charge on any atom is -0.450 e. The summed E-state index contributed by atoms with van der Waals surface area (Å²) >= 11 is 3.40. The Morgan fingerprint density at radius 3 is 2.50 bits per heavy atom. The van der Waals surface area contributed by atoms with E-state index in [1.807, 2.05) is 18.2 Å². The normalized spacial score (nSPS) is 11.9. The maximum atomic E-state index is 12.8. The van der Waals surface area contributed by atoms with Gasteiger partial charge in [-0.1, -0.05) is 32.0 Å². The molecule has 0 spiro atoms. The van der Waals surface area contributed by atoms with Gasteiger partial charge < -0.3 is 9.73 Å². The van der Waals surface area contributed by atoms with Crippen LogP contribution in [0.25, 0.3) is 11.0 Å². The van der Waals surface area contributed by atoms with Gasteiger partial charge in [0, 0.05) is 24.2 Å². The Morgan fingerprint density at radius 2 is 1.86 bits per heavy atom. The number of benzene rings is 2. The molecule has 6 nitrogen and oxygen atoms in total. The van der Waals surface area contributed by atoms with E-state index in [0.717, 1.165) is 15.4 Å². The van der Waals surface area contributed by atoms with Crippen LogP contribution in [-0.4, -0.2) is 31.7 Å². The zero-order valence-corrected chi connectivity index (χ0v) is 18.2. The van der Waals surface area contributed by atoms with E-state index in [9.17, 15) is 13.2 Å². The van der Waals surface area contributed by atoms with E-state index in [4.69, 9.17) is 4.42 Å². The summed E-state index contributed by atoms with van der Waals surface area (Å²) in [5, 5.41) is 3.56. The zero-order chi connectivity index (χ0) is 20.5. The van der Waals surface area contributed by atoms with Crippen LogP contribution in [0, 0.1) is 6.92 Å². The number of aryl methyl sites for hydroxylation is 1. The Morgan fingerprint density at radius 1 is 1.14 bits per heavy atom. The summed E-state index contributed by atoms with van der Waals surface area (Å²) in [6.07, 6.45) is 0. The number of carbonyl (C=O) groups is 1. The molecule has 3 aromatic rings. The summed E-state index contributed by atoms with van der Waals surface area (Å²) in [5.41, 5.74) is 1.77. The number of furan rings is 1. The molecule has 1 aromatic heterocycles. The fourth-order valence-corrected chi connectivity index (χ4v) is 4.88. The van der Waals surface area contributed by atoms with Crippen LogP contribution in [0.4, 0.5) is 5.69 Å². The van der Waals surface area contributed by atoms with Crippen LogP contribution >= 0.6 is 15.9 Å². The molecule has 0 radical (unpaired) electrons. The third-order valence-electron chi connectivity index (χ3n) is 4.52. The number of amides is 1. The number of nitrogens with one attached hydrogen (secondary N) is 1. The molecule has 28 heavy (non-hydrogen) atoms. The predicted octanol–water partition coefficient (Wildman–Crippen LogP) is 4.79. The first-order valence-electron chi connectivity index (χ1n) is 8.88. The van der Waals surface area contributed by atoms with Crippen LogP contribution < -0.4 is 5.32 Å². The fourth-order valence-electron chi connectivity index (χ4n) is 2.93. The lowest BCUT2D eigenvalue weighted by Crippen LogP contribution is -2.30. The number of nitrogens with zero attached hydrogens (tertiary/aromatic N) is 1. The molecule has 0 bridgehead atoms. The molecule has 0 aliphatic rings. The molecule has 1 heterocycles. The average Bonchev–Trinajstić information content (AvgIpc) is 3.10. The van der Waals surface area contributed by atoms with Crippen LogP contribution in [0.2, 0.25) is 0 Å². The standard InChI is InChI=1S/C20H21BrN2O4S/c1-4-23(5-2)28(25,26)15-10-9-13(3)17(12-15)22-20(24)18-11-14-7-6-8-16(21)19(14)27-18/h6-12H,4-5H2,1-3H3,(H,22,24). The number of para-hydroxylation sites is 1. The molecule has 0 atom stereocenters. The van der Waals surface area contributed by atoms with E-state index < -0.39 is 15.9 Å². The summed E-state index contributed by atoms with van der Waals surface area (Å²) < 4.78 is 33.3. The van der Waals surface area contributed by atoms with Crippen molar-refractivity contribution in [2.45, 2.75) is 25.7 Å². The number of carbonyl (C=O) groups excluding carboxylic acids is 1. The van der Waals surface area contributed by atoms with Gasteiger partial charge in [-0.15, -0.1) is 0 Å². The van der Waals surface area contributed by atoms with Crippen molar-refractivity contribution in [3.8, 4) is 0 Å². The maximum Gasteiger partial charge on any atom is 0.291 e. The maximum absolute atomic E-state index is 12.8. The molecular formula is C20H21BrN2O4S. The van der Waals surface area contributed by atoms with E-state index in [0.29, 0.717) is 24.4 Å². The van der Waals surface area contributed by atoms with Crippen molar-refractivity contribution in [1.29, 1.82) is 0 Å². The number of fused-ring (bicyclic) bond motifs is 1. The van der Waals surface area contributed by atoms with Crippen molar-refractivity contribution < 1.29 is 17.6 Å². The Labute approximate surface area is 172 Å². The van der Waals surface area contributed by atoms with Crippen molar-refractivity contribution >= 4 is 48.5 Å². The van der Waals surface area contributed by atoms with Gasteiger partial charge in [0.2, 0.25) is 10.0 Å². The quantitative estimate of drug-likeness (QED) is 0.568. The zero-order valence-electron chi connectivity index (χ0n) is 15.8. The van der Waals surface area contributed by atoms with Gasteiger partial charge in [-0.2, -0.15) is 4.31 Å². The topological polar surface area (TPSA) is 79.6 Å². The van der Waals surface area contributed by atoms with E-state index in [1.165, 1.54) is 10.4 Å². The highest BCUT2D eigenvalue weighted by atomic mass is 79.9. The van der Waals surface area contributed by atoms with Crippen molar-refractivity contribution in [3.63, 3.8) is 0 Å². The van der Waals surface area contributed by atoms with Gasteiger partial charge in [-0.3, -0.25) is 4.79 Å². The molecule has 0 aliphatic carbocycles. The molecule has 0 aliphatic heterocycles. The largest absolute Gasteiger partial charge is 0.450 e. The molecule has 2 aromatic carbocycles. The highest BCUT2D eigenvalue weighted by molar-refractivity contribution is 9.10. The average molecular weight is 465 g/mol. The van der Waals surface area contributed by atoms with Crippen LogP contribution in [0.15, 0.2) is 56.2 Å². The van der Waals surface area contributed by atoms with Crippen molar-refractivity contribution in [2.24, 2.45) is 0 Å². The monoisotopic (exact) mass is 464 g/mol. The lowest BCUT2D eigenvalue weighted by molar-refractivity contribution is 0.0998. The molecule has 1 N–H and O–H groups in total. The Balaban J connectivity index is 1.93. The predicted molar refractivity (Wildman–Crippen MR) is 113 cm³/mol. The second kappa shape index (κ2) is 8.06. The van der Waals surface area contributed by atoms with Crippen molar-refractivity contribution in [1.82, 2.24) is 4.31 Å². The van der Waals surface area contributed by atoms with Crippen LogP contribution in [-0.2, 0) is 10.0 Å². The molecule has 0 saturated carbocycles. The van der Waals surface area contributed by atoms with E-state index in [1.54, 1.807) is 39.0 Å². The number of hydrogen-bond donors (Lipinski definition) is 1. The fraction of sp³-hybridized carbons (Fsp3) is 0.250. The molecular weight excluding hydrogens is 444 g/mol.